The summed E-state index contributed by atoms with van der Waals surface area (Å²) in [5.74, 6) is 0.786. The summed E-state index contributed by atoms with van der Waals surface area (Å²) in [6.07, 6.45) is 3.07. The van der Waals surface area contributed by atoms with E-state index < -0.39 is 0 Å². The molecule has 2 aliphatic rings. The predicted molar refractivity (Wildman–Crippen MR) is 118 cm³/mol. The molecular formula is C22H28N4O3S. The van der Waals surface area contributed by atoms with Crippen LogP contribution in [0.3, 0.4) is 0 Å². The van der Waals surface area contributed by atoms with E-state index in [4.69, 9.17) is 4.74 Å². The van der Waals surface area contributed by atoms with Gasteiger partial charge in [0.25, 0.3) is 0 Å². The number of thiazole rings is 1. The molecule has 0 radical (unpaired) electrons. The lowest BCUT2D eigenvalue weighted by Gasteiger charge is -2.30. The fraction of sp³-hybridized carbons (Fsp3) is 0.500. The molecule has 0 atom stereocenters. The van der Waals surface area contributed by atoms with Gasteiger partial charge in [-0.2, -0.15) is 0 Å². The number of aromatic nitrogens is 1. The van der Waals surface area contributed by atoms with Crippen molar-refractivity contribution >= 4 is 34.5 Å². The van der Waals surface area contributed by atoms with Crippen LogP contribution in [0.4, 0.5) is 11.4 Å². The molecule has 2 amide bonds. The number of nitrogens with one attached hydrogen (secondary N) is 1. The summed E-state index contributed by atoms with van der Waals surface area (Å²) in [7, 11) is 1.60. The topological polar surface area (TPSA) is 74.8 Å². The summed E-state index contributed by atoms with van der Waals surface area (Å²) in [5.41, 5.74) is 2.55. The van der Waals surface area contributed by atoms with Crippen LogP contribution < -0.4 is 15.0 Å². The SMILES string of the molecule is COc1ccc(NC(=O)C2CCN(Cc3csc(C)n3)CC2)cc1N1CCCC1=O. The molecule has 0 saturated carbocycles. The van der Waals surface area contributed by atoms with Crippen molar-refractivity contribution in [2.24, 2.45) is 5.92 Å². The first-order valence-corrected chi connectivity index (χ1v) is 11.3. The van der Waals surface area contributed by atoms with Crippen LogP contribution in [0.15, 0.2) is 23.6 Å². The number of anilines is 2. The van der Waals surface area contributed by atoms with Gasteiger partial charge >= 0.3 is 0 Å². The third-order valence-electron chi connectivity index (χ3n) is 5.82. The average Bonchev–Trinajstić information content (AvgIpc) is 3.36. The van der Waals surface area contributed by atoms with Crippen molar-refractivity contribution in [1.82, 2.24) is 9.88 Å². The van der Waals surface area contributed by atoms with Crippen molar-refractivity contribution < 1.29 is 14.3 Å². The van der Waals surface area contributed by atoms with Gasteiger partial charge in [0.1, 0.15) is 5.75 Å². The third-order valence-corrected chi connectivity index (χ3v) is 6.64. The molecule has 0 aliphatic carbocycles. The Bertz CT molecular complexity index is 921. The van der Waals surface area contributed by atoms with Crippen LogP contribution in [0.1, 0.15) is 36.4 Å². The standard InChI is InChI=1S/C22H28N4O3S/c1-15-23-18(14-30-15)13-25-10-7-16(8-11-25)22(28)24-17-5-6-20(29-2)19(12-17)26-9-3-4-21(26)27/h5-6,12,14,16H,3-4,7-11,13H2,1-2H3,(H,24,28). The quantitative estimate of drug-likeness (QED) is 0.763. The molecule has 2 aromatic rings. The molecule has 2 fully saturated rings. The van der Waals surface area contributed by atoms with Gasteiger partial charge in [-0.25, -0.2) is 4.98 Å². The van der Waals surface area contributed by atoms with Crippen molar-refractivity contribution in [2.45, 2.75) is 39.2 Å². The highest BCUT2D eigenvalue weighted by atomic mass is 32.1. The zero-order valence-corrected chi connectivity index (χ0v) is 18.3. The number of piperidine rings is 1. The van der Waals surface area contributed by atoms with Crippen LogP contribution in [0, 0.1) is 12.8 Å². The molecule has 0 unspecified atom stereocenters. The van der Waals surface area contributed by atoms with Gasteiger partial charge in [-0.3, -0.25) is 14.5 Å². The third kappa shape index (κ3) is 4.65. The first kappa shape index (κ1) is 20.8. The molecule has 4 rings (SSSR count). The number of hydrogen-bond acceptors (Lipinski definition) is 6. The van der Waals surface area contributed by atoms with E-state index in [1.165, 1.54) is 0 Å². The second kappa shape index (κ2) is 9.14. The molecule has 7 nitrogen and oxygen atoms in total. The number of carbonyl (C=O) groups is 2. The molecule has 1 aromatic carbocycles. The highest BCUT2D eigenvalue weighted by Crippen LogP contribution is 2.34. The van der Waals surface area contributed by atoms with Crippen molar-refractivity contribution in [1.29, 1.82) is 0 Å². The van der Waals surface area contributed by atoms with Crippen molar-refractivity contribution in [3.05, 3.63) is 34.3 Å². The zero-order chi connectivity index (χ0) is 21.1. The summed E-state index contributed by atoms with van der Waals surface area (Å²) >= 11 is 1.68. The summed E-state index contributed by atoms with van der Waals surface area (Å²) < 4.78 is 5.43. The van der Waals surface area contributed by atoms with Gasteiger partial charge in [-0.15, -0.1) is 11.3 Å². The van der Waals surface area contributed by atoms with Gasteiger partial charge < -0.3 is 15.0 Å². The Hall–Kier alpha value is -2.45. The van der Waals surface area contributed by atoms with E-state index in [1.54, 1.807) is 23.3 Å². The molecule has 30 heavy (non-hydrogen) atoms. The van der Waals surface area contributed by atoms with E-state index >= 15 is 0 Å². The second-order valence-corrected chi connectivity index (χ2v) is 9.00. The van der Waals surface area contributed by atoms with E-state index in [0.717, 1.165) is 55.3 Å². The molecule has 2 saturated heterocycles. The Balaban J connectivity index is 1.35. The lowest BCUT2D eigenvalue weighted by molar-refractivity contribution is -0.121. The van der Waals surface area contributed by atoms with Crippen LogP contribution in [0.2, 0.25) is 0 Å². The van der Waals surface area contributed by atoms with Gasteiger partial charge in [-0.1, -0.05) is 0 Å². The number of aryl methyl sites for hydroxylation is 1. The molecular weight excluding hydrogens is 400 g/mol. The first-order valence-electron chi connectivity index (χ1n) is 10.5. The molecule has 160 valence electrons. The Morgan fingerprint density at radius 3 is 2.73 bits per heavy atom. The summed E-state index contributed by atoms with van der Waals surface area (Å²) in [4.78, 5) is 33.6. The minimum absolute atomic E-state index is 0.00242. The molecule has 1 aromatic heterocycles. The van der Waals surface area contributed by atoms with E-state index in [1.807, 2.05) is 25.1 Å². The number of methoxy groups -OCH3 is 1. The molecule has 3 heterocycles. The fourth-order valence-electron chi connectivity index (χ4n) is 4.19. The number of amides is 2. The van der Waals surface area contributed by atoms with E-state index in [9.17, 15) is 9.59 Å². The second-order valence-electron chi connectivity index (χ2n) is 7.93. The largest absolute Gasteiger partial charge is 0.495 e. The first-order chi connectivity index (χ1) is 14.5. The summed E-state index contributed by atoms with van der Waals surface area (Å²) in [5, 5.41) is 6.25. The predicted octanol–water partition coefficient (Wildman–Crippen LogP) is 3.44. The summed E-state index contributed by atoms with van der Waals surface area (Å²) in [6.45, 7) is 5.35. The minimum atomic E-state index is -0.00242. The number of benzene rings is 1. The zero-order valence-electron chi connectivity index (χ0n) is 17.5. The number of carbonyl (C=O) groups excluding carboxylic acids is 2. The highest BCUT2D eigenvalue weighted by Gasteiger charge is 2.27. The number of likely N-dealkylation sites (tertiary alicyclic amines) is 1. The number of hydrogen-bond donors (Lipinski definition) is 1. The number of rotatable bonds is 6. The Labute approximate surface area is 181 Å². The maximum absolute atomic E-state index is 12.8. The van der Waals surface area contributed by atoms with Crippen molar-refractivity contribution in [3.63, 3.8) is 0 Å². The molecule has 2 aliphatic heterocycles. The Morgan fingerprint density at radius 2 is 2.10 bits per heavy atom. The van der Waals surface area contributed by atoms with Crippen molar-refractivity contribution in [2.75, 3.05) is 37.0 Å². The number of ether oxygens (including phenoxy) is 1. The maximum Gasteiger partial charge on any atom is 0.227 e. The lowest BCUT2D eigenvalue weighted by atomic mass is 9.95. The molecule has 0 spiro atoms. The maximum atomic E-state index is 12.8. The van der Waals surface area contributed by atoms with Crippen LogP contribution >= 0.6 is 11.3 Å². The molecule has 8 heteroatoms. The average molecular weight is 429 g/mol. The van der Waals surface area contributed by atoms with Crippen LogP contribution in [0.25, 0.3) is 0 Å². The van der Waals surface area contributed by atoms with E-state index in [2.05, 4.69) is 20.6 Å². The Kier molecular flexibility index (Phi) is 6.34. The van der Waals surface area contributed by atoms with Gasteiger partial charge in [0.2, 0.25) is 11.8 Å². The lowest BCUT2D eigenvalue weighted by Crippen LogP contribution is -2.37. The highest BCUT2D eigenvalue weighted by molar-refractivity contribution is 7.09. The van der Waals surface area contributed by atoms with E-state index in [-0.39, 0.29) is 17.7 Å². The van der Waals surface area contributed by atoms with E-state index in [0.29, 0.717) is 24.4 Å². The monoisotopic (exact) mass is 428 g/mol. The van der Waals surface area contributed by atoms with Crippen LogP contribution in [-0.4, -0.2) is 48.4 Å². The van der Waals surface area contributed by atoms with Gasteiger partial charge in [0, 0.05) is 36.5 Å². The molecule has 1 N–H and O–H groups in total. The molecule has 0 bridgehead atoms. The van der Waals surface area contributed by atoms with Gasteiger partial charge in [-0.05, 0) is 57.5 Å². The van der Waals surface area contributed by atoms with Gasteiger partial charge in [0.05, 0.1) is 23.5 Å². The normalized spacial score (nSPS) is 18.1. The summed E-state index contributed by atoms with van der Waals surface area (Å²) in [6, 6.07) is 5.50. The van der Waals surface area contributed by atoms with Gasteiger partial charge in [0.15, 0.2) is 0 Å². The fourth-order valence-corrected chi connectivity index (χ4v) is 4.79. The number of nitrogens with zero attached hydrogens (tertiary/aromatic N) is 3. The van der Waals surface area contributed by atoms with Crippen LogP contribution in [0.5, 0.6) is 5.75 Å². The van der Waals surface area contributed by atoms with Crippen molar-refractivity contribution in [3.8, 4) is 5.75 Å². The smallest absolute Gasteiger partial charge is 0.227 e. The Morgan fingerprint density at radius 1 is 1.30 bits per heavy atom. The van der Waals surface area contributed by atoms with Crippen LogP contribution in [-0.2, 0) is 16.1 Å². The minimum Gasteiger partial charge on any atom is -0.495 e.